The number of rotatable bonds is 0. The summed E-state index contributed by atoms with van der Waals surface area (Å²) in [6.07, 6.45) is 30.4. The first-order chi connectivity index (χ1) is 26.5. The second kappa shape index (κ2) is 40.0. The fourth-order valence-electron chi connectivity index (χ4n) is 2.26. The van der Waals surface area contributed by atoms with Crippen LogP contribution in [0.4, 0.5) is 0 Å². The second-order valence-electron chi connectivity index (χ2n) is 7.99. The van der Waals surface area contributed by atoms with Crippen molar-refractivity contribution < 1.29 is 13.4 Å². The van der Waals surface area contributed by atoms with E-state index in [4.69, 9.17) is 0 Å². The van der Waals surface area contributed by atoms with Crippen molar-refractivity contribution in [3.63, 3.8) is 0 Å². The molecule has 9 aromatic heterocycles. The van der Waals surface area contributed by atoms with E-state index in [-0.39, 0.29) is 0 Å². The third-order valence-corrected chi connectivity index (χ3v) is 4.25. The SMILES string of the molecule is c1c[nH]cn1.c1ccccc1.c1ccncc1.c1ccnnc1.c1ccoc1.c1cn[nH]c1.c1cnoc1.c1cocn1.c1nc[nH]n1.c1nn[nH]n1. The van der Waals surface area contributed by atoms with Crippen LogP contribution in [-0.4, -0.2) is 81.3 Å². The second-order valence-corrected chi connectivity index (χ2v) is 7.99. The minimum absolute atomic E-state index is 1.33. The van der Waals surface area contributed by atoms with Crippen LogP contribution in [0.1, 0.15) is 0 Å². The molecule has 0 spiro atoms. The van der Waals surface area contributed by atoms with E-state index in [1.165, 1.54) is 37.9 Å². The maximum atomic E-state index is 4.58. The molecule has 1 aromatic carbocycles. The number of aromatic amines is 4. The quantitative estimate of drug-likeness (QED) is 0.147. The van der Waals surface area contributed by atoms with Crippen molar-refractivity contribution in [2.75, 3.05) is 0 Å². The third kappa shape index (κ3) is 38.1. The van der Waals surface area contributed by atoms with Gasteiger partial charge in [-0.3, -0.25) is 15.2 Å². The number of nitrogens with one attached hydrogen (secondary N) is 4. The van der Waals surface area contributed by atoms with Crippen LogP contribution in [0.15, 0.2) is 223 Å². The number of nitrogens with zero attached hydrogens (tertiary/aromatic N) is 12. The Morgan fingerprint density at radius 3 is 1.32 bits per heavy atom. The number of tetrazole rings is 1. The largest absolute Gasteiger partial charge is 0.473 e. The molecule has 19 nitrogen and oxygen atoms in total. The van der Waals surface area contributed by atoms with Crippen LogP contribution >= 0.6 is 0 Å². The van der Waals surface area contributed by atoms with E-state index in [0.29, 0.717) is 0 Å². The predicted octanol–water partition coefficient (Wildman–Crippen LogP) is 5.70. The zero-order chi connectivity index (χ0) is 37.5. The van der Waals surface area contributed by atoms with E-state index in [2.05, 4.69) is 94.7 Å². The lowest BCUT2D eigenvalue weighted by Crippen LogP contribution is -1.69. The van der Waals surface area contributed by atoms with Gasteiger partial charge in [-0.2, -0.15) is 25.6 Å². The Labute approximate surface area is 304 Å². The molecule has 0 unspecified atom stereocenters. The zero-order valence-corrected chi connectivity index (χ0v) is 28.2. The molecule has 272 valence electrons. The molecule has 4 N–H and O–H groups in total. The molecule has 0 saturated carbocycles. The summed E-state index contributed by atoms with van der Waals surface area (Å²) < 4.78 is 13.4. The van der Waals surface area contributed by atoms with Gasteiger partial charge in [0.1, 0.15) is 25.2 Å². The van der Waals surface area contributed by atoms with Gasteiger partial charge in [-0.05, 0) is 48.5 Å². The molecule has 0 fully saturated rings. The van der Waals surface area contributed by atoms with E-state index < -0.39 is 0 Å². The molecule has 0 bridgehead atoms. The average Bonchev–Trinajstić information content (AvgIpc) is 4.12. The summed E-state index contributed by atoms with van der Waals surface area (Å²) >= 11 is 0. The fourth-order valence-corrected chi connectivity index (χ4v) is 2.26. The number of hydrogen-bond acceptors (Lipinski definition) is 15. The highest BCUT2D eigenvalue weighted by Crippen LogP contribution is 1.80. The minimum atomic E-state index is 1.33. The number of imidazole rings is 1. The van der Waals surface area contributed by atoms with Crippen molar-refractivity contribution >= 4 is 0 Å². The molecule has 0 aliphatic heterocycles. The maximum Gasteiger partial charge on any atom is 0.180 e. The van der Waals surface area contributed by atoms with Gasteiger partial charge < -0.3 is 18.3 Å². The zero-order valence-electron chi connectivity index (χ0n) is 28.2. The number of benzene rings is 1. The van der Waals surface area contributed by atoms with Gasteiger partial charge in [0.2, 0.25) is 0 Å². The van der Waals surface area contributed by atoms with Gasteiger partial charge in [-0.15, -0.1) is 10.2 Å². The topological polar surface area (TPSA) is 257 Å². The van der Waals surface area contributed by atoms with Gasteiger partial charge in [-0.25, -0.2) is 15.0 Å². The standard InChI is InChI=1S/C6H6.C5H5N.C4H4N2.C4H4O.2C3H4N2.2C3H3NO.C2H3N3.CH2N4/c3*1-2-4-6-5-3-1;1-2-4-5-3-1;1-2-5-3-4-1;1-2-4-5-3-1;1-2-5-3-4-1;1-2-4-5-3-1;1-3-2-5-4-1;1-2-4-5-3-1/h1-6H;1-5H;1-4H;1-4H;2*1-3H,(H,4,5);2*1-3H;1-2H,(H,3,4,5);1H,(H,2,3,4,5). The summed E-state index contributed by atoms with van der Waals surface area (Å²) in [5, 5.41) is 34.8. The summed E-state index contributed by atoms with van der Waals surface area (Å²) in [5.74, 6) is 0. The molecule has 53 heavy (non-hydrogen) atoms. The van der Waals surface area contributed by atoms with E-state index in [1.54, 1.807) is 86.9 Å². The smallest absolute Gasteiger partial charge is 0.180 e. The number of oxazole rings is 1. The molecule has 9 heterocycles. The number of hydrogen-bond donors (Lipinski definition) is 4. The number of aromatic nitrogens is 16. The lowest BCUT2D eigenvalue weighted by atomic mass is 10.4. The first-order valence-corrected chi connectivity index (χ1v) is 15.0. The Morgan fingerprint density at radius 2 is 1.13 bits per heavy atom. The molecule has 0 atom stereocenters. The molecule has 10 rings (SSSR count). The van der Waals surface area contributed by atoms with E-state index in [9.17, 15) is 0 Å². The van der Waals surface area contributed by atoms with E-state index in [0.717, 1.165) is 0 Å². The highest BCUT2D eigenvalue weighted by Gasteiger charge is 1.63. The predicted molar refractivity (Wildman–Crippen MR) is 192 cm³/mol. The Hall–Kier alpha value is -8.22. The van der Waals surface area contributed by atoms with Gasteiger partial charge in [0, 0.05) is 49.6 Å². The molecule has 10 aromatic rings. The van der Waals surface area contributed by atoms with Gasteiger partial charge >= 0.3 is 0 Å². The van der Waals surface area contributed by atoms with Crippen LogP contribution in [0.5, 0.6) is 0 Å². The molecular formula is C34H38N16O3. The van der Waals surface area contributed by atoms with Crippen LogP contribution < -0.4 is 0 Å². The monoisotopic (exact) mass is 718 g/mol. The fraction of sp³-hybridized carbons (Fsp3) is 0. The summed E-state index contributed by atoms with van der Waals surface area (Å²) in [7, 11) is 0. The summed E-state index contributed by atoms with van der Waals surface area (Å²) in [4.78, 5) is 17.3. The van der Waals surface area contributed by atoms with Crippen molar-refractivity contribution in [3.05, 3.63) is 210 Å². The van der Waals surface area contributed by atoms with Crippen LogP contribution in [0.2, 0.25) is 0 Å². The molecule has 0 amide bonds. The Kier molecular flexibility index (Phi) is 32.3. The van der Waals surface area contributed by atoms with Crippen molar-refractivity contribution in [1.29, 1.82) is 0 Å². The van der Waals surface area contributed by atoms with E-state index >= 15 is 0 Å². The molecule has 0 radical (unpaired) electrons. The van der Waals surface area contributed by atoms with Crippen LogP contribution in [0, 0.1) is 0 Å². The molecular weight excluding hydrogens is 680 g/mol. The Bertz CT molecular complexity index is 1260. The highest BCUT2D eigenvalue weighted by atomic mass is 16.5. The Balaban J connectivity index is 0.000000295. The third-order valence-electron chi connectivity index (χ3n) is 4.25. The minimum Gasteiger partial charge on any atom is -0.473 e. The van der Waals surface area contributed by atoms with Crippen molar-refractivity contribution in [2.24, 2.45) is 0 Å². The Morgan fingerprint density at radius 1 is 0.396 bits per heavy atom. The molecule has 19 heteroatoms. The van der Waals surface area contributed by atoms with Gasteiger partial charge in [0.05, 0.1) is 31.2 Å². The normalized spacial score (nSPS) is 8.00. The number of H-pyrrole nitrogens is 4. The van der Waals surface area contributed by atoms with Crippen molar-refractivity contribution in [2.45, 2.75) is 0 Å². The average molecular weight is 719 g/mol. The summed E-state index contributed by atoms with van der Waals surface area (Å²) in [5.41, 5.74) is 0. The lowest BCUT2D eigenvalue weighted by Gasteiger charge is -1.70. The molecule has 0 aliphatic rings. The van der Waals surface area contributed by atoms with Crippen molar-refractivity contribution in [3.8, 4) is 0 Å². The maximum absolute atomic E-state index is 4.58. The van der Waals surface area contributed by atoms with Crippen molar-refractivity contribution in [1.82, 2.24) is 81.3 Å². The van der Waals surface area contributed by atoms with Crippen LogP contribution in [-0.2, 0) is 0 Å². The lowest BCUT2D eigenvalue weighted by molar-refractivity contribution is 0.420. The molecule has 0 saturated heterocycles. The summed E-state index contributed by atoms with van der Waals surface area (Å²) in [6.45, 7) is 0. The van der Waals surface area contributed by atoms with Crippen LogP contribution in [0.25, 0.3) is 0 Å². The van der Waals surface area contributed by atoms with Gasteiger partial charge in [-0.1, -0.05) is 52.8 Å². The van der Waals surface area contributed by atoms with Gasteiger partial charge in [0.15, 0.2) is 12.7 Å². The number of pyridine rings is 1. The van der Waals surface area contributed by atoms with Gasteiger partial charge in [0.25, 0.3) is 0 Å². The molecule has 0 aliphatic carbocycles. The number of furan rings is 1. The van der Waals surface area contributed by atoms with E-state index in [1.807, 2.05) is 84.9 Å². The first kappa shape index (κ1) is 42.8. The summed E-state index contributed by atoms with van der Waals surface area (Å²) in [6, 6.07) is 28.6. The first-order valence-electron chi connectivity index (χ1n) is 15.0. The highest BCUT2D eigenvalue weighted by molar-refractivity contribution is 4.99. The van der Waals surface area contributed by atoms with Crippen LogP contribution in [0.3, 0.4) is 0 Å².